The molecule has 1 aliphatic rings. The van der Waals surface area contributed by atoms with Crippen LogP contribution in [0.25, 0.3) is 0 Å². The van der Waals surface area contributed by atoms with Crippen LogP contribution < -0.4 is 11.1 Å². The van der Waals surface area contributed by atoms with E-state index in [1.54, 1.807) is 18.2 Å². The zero-order valence-corrected chi connectivity index (χ0v) is 12.4. The van der Waals surface area contributed by atoms with E-state index in [-0.39, 0.29) is 5.91 Å². The number of nitrogens with one attached hydrogen (secondary N) is 1. The van der Waals surface area contributed by atoms with Gasteiger partial charge in [-0.25, -0.2) is 0 Å². The molecule has 4 heteroatoms. The maximum absolute atomic E-state index is 12.4. The molecule has 0 fully saturated rings. The third-order valence-corrected chi connectivity index (χ3v) is 4.27. The highest BCUT2D eigenvalue weighted by molar-refractivity contribution is 6.34. The van der Waals surface area contributed by atoms with Crippen molar-refractivity contribution < 1.29 is 4.79 Å². The summed E-state index contributed by atoms with van der Waals surface area (Å²) in [6.45, 7) is 0. The van der Waals surface area contributed by atoms with Crippen LogP contribution in [0.15, 0.2) is 36.4 Å². The lowest BCUT2D eigenvalue weighted by Gasteiger charge is -2.19. The Kier molecular flexibility index (Phi) is 3.84. The lowest BCUT2D eigenvalue weighted by Crippen LogP contribution is -2.17. The molecule has 108 valence electrons. The highest BCUT2D eigenvalue weighted by atomic mass is 35.5. The minimum atomic E-state index is -0.214. The lowest BCUT2D eigenvalue weighted by molar-refractivity contribution is 0.102. The molecule has 3 rings (SSSR count). The van der Waals surface area contributed by atoms with Crippen molar-refractivity contribution in [1.29, 1.82) is 0 Å². The van der Waals surface area contributed by atoms with Gasteiger partial charge in [0.15, 0.2) is 0 Å². The van der Waals surface area contributed by atoms with E-state index in [9.17, 15) is 4.79 Å². The van der Waals surface area contributed by atoms with E-state index in [1.165, 1.54) is 24.0 Å². The number of fused-ring (bicyclic) bond motifs is 1. The Morgan fingerprint density at radius 2 is 1.86 bits per heavy atom. The summed E-state index contributed by atoms with van der Waals surface area (Å²) in [6.07, 6.45) is 4.47. The van der Waals surface area contributed by atoms with E-state index in [0.717, 1.165) is 18.5 Å². The van der Waals surface area contributed by atoms with Crippen molar-refractivity contribution in [3.8, 4) is 0 Å². The van der Waals surface area contributed by atoms with E-state index >= 15 is 0 Å². The second-order valence-electron chi connectivity index (χ2n) is 5.31. The largest absolute Gasteiger partial charge is 0.397 e. The number of aryl methyl sites for hydroxylation is 1. The molecule has 3 nitrogen and oxygen atoms in total. The van der Waals surface area contributed by atoms with Crippen molar-refractivity contribution in [2.24, 2.45) is 0 Å². The van der Waals surface area contributed by atoms with Crippen molar-refractivity contribution in [2.75, 3.05) is 11.1 Å². The number of nitrogens with two attached hydrogens (primary N) is 1. The van der Waals surface area contributed by atoms with Gasteiger partial charge in [0.25, 0.3) is 5.91 Å². The summed E-state index contributed by atoms with van der Waals surface area (Å²) in [7, 11) is 0. The summed E-state index contributed by atoms with van der Waals surface area (Å²) in [5.41, 5.74) is 10.1. The number of halogens is 1. The van der Waals surface area contributed by atoms with Crippen LogP contribution in [0.4, 0.5) is 11.4 Å². The van der Waals surface area contributed by atoms with Gasteiger partial charge in [0, 0.05) is 5.69 Å². The van der Waals surface area contributed by atoms with Crippen LogP contribution >= 0.6 is 11.6 Å². The van der Waals surface area contributed by atoms with E-state index < -0.39 is 0 Å². The molecule has 0 unspecified atom stereocenters. The second kappa shape index (κ2) is 5.78. The molecular formula is C17H17ClN2O. The molecule has 0 saturated heterocycles. The van der Waals surface area contributed by atoms with Crippen molar-refractivity contribution in [2.45, 2.75) is 25.7 Å². The standard InChI is InChI=1S/C17H17ClN2O/c18-14-9-4-8-13(16(14)19)17(21)20-15-10-3-6-11-5-1-2-7-12(11)15/h3-4,6,8-10H,1-2,5,7,19H2,(H,20,21). The van der Waals surface area contributed by atoms with Crippen molar-refractivity contribution >= 4 is 28.9 Å². The van der Waals surface area contributed by atoms with Gasteiger partial charge in [0.1, 0.15) is 0 Å². The van der Waals surface area contributed by atoms with E-state index in [2.05, 4.69) is 11.4 Å². The van der Waals surface area contributed by atoms with Crippen molar-refractivity contribution in [1.82, 2.24) is 0 Å². The predicted octanol–water partition coefficient (Wildman–Crippen LogP) is 4.05. The third kappa shape index (κ3) is 2.74. The molecule has 2 aromatic carbocycles. The van der Waals surface area contributed by atoms with Gasteiger partial charge in [-0.05, 0) is 55.0 Å². The summed E-state index contributed by atoms with van der Waals surface area (Å²) < 4.78 is 0. The van der Waals surface area contributed by atoms with Gasteiger partial charge in [0.2, 0.25) is 0 Å². The predicted molar refractivity (Wildman–Crippen MR) is 86.9 cm³/mol. The Morgan fingerprint density at radius 3 is 2.71 bits per heavy atom. The van der Waals surface area contributed by atoms with Crippen molar-refractivity contribution in [3.63, 3.8) is 0 Å². The van der Waals surface area contributed by atoms with Gasteiger partial charge >= 0.3 is 0 Å². The molecule has 0 spiro atoms. The molecule has 1 amide bonds. The van der Waals surface area contributed by atoms with Gasteiger partial charge in [-0.15, -0.1) is 0 Å². The fraction of sp³-hybridized carbons (Fsp3) is 0.235. The molecule has 3 N–H and O–H groups in total. The molecule has 0 radical (unpaired) electrons. The number of hydrogen-bond donors (Lipinski definition) is 2. The van der Waals surface area contributed by atoms with Crippen molar-refractivity contribution in [3.05, 3.63) is 58.1 Å². The Bertz CT molecular complexity index is 697. The monoisotopic (exact) mass is 300 g/mol. The van der Waals surface area contributed by atoms with Gasteiger partial charge < -0.3 is 11.1 Å². The number of para-hydroxylation sites is 1. The maximum Gasteiger partial charge on any atom is 0.257 e. The first-order valence-electron chi connectivity index (χ1n) is 7.13. The molecule has 0 aliphatic heterocycles. The van der Waals surface area contributed by atoms with Crippen LogP contribution in [0.2, 0.25) is 5.02 Å². The Balaban J connectivity index is 1.90. The molecule has 21 heavy (non-hydrogen) atoms. The zero-order chi connectivity index (χ0) is 14.8. The molecule has 0 bridgehead atoms. The van der Waals surface area contributed by atoms with Gasteiger partial charge in [-0.1, -0.05) is 29.8 Å². The average Bonchev–Trinajstić information content (AvgIpc) is 2.50. The quantitative estimate of drug-likeness (QED) is 0.822. The normalized spacial score (nSPS) is 13.6. The zero-order valence-electron chi connectivity index (χ0n) is 11.7. The minimum Gasteiger partial charge on any atom is -0.397 e. The molecule has 1 aliphatic carbocycles. The van der Waals surface area contributed by atoms with Gasteiger partial charge in [-0.2, -0.15) is 0 Å². The Labute approximate surface area is 129 Å². The van der Waals surface area contributed by atoms with E-state index in [4.69, 9.17) is 17.3 Å². The number of nitrogen functional groups attached to an aromatic ring is 1. The van der Waals surface area contributed by atoms with Crippen LogP contribution in [0.3, 0.4) is 0 Å². The van der Waals surface area contributed by atoms with E-state index in [0.29, 0.717) is 16.3 Å². The van der Waals surface area contributed by atoms with Gasteiger partial charge in [0.05, 0.1) is 16.3 Å². The lowest BCUT2D eigenvalue weighted by atomic mass is 9.90. The number of carbonyl (C=O) groups is 1. The van der Waals surface area contributed by atoms with Crippen LogP contribution in [0.5, 0.6) is 0 Å². The fourth-order valence-corrected chi connectivity index (χ4v) is 3.00. The highest BCUT2D eigenvalue weighted by Crippen LogP contribution is 2.29. The summed E-state index contributed by atoms with van der Waals surface area (Å²) in [6, 6.07) is 11.2. The maximum atomic E-state index is 12.4. The number of hydrogen-bond acceptors (Lipinski definition) is 2. The second-order valence-corrected chi connectivity index (χ2v) is 5.71. The molecule has 0 atom stereocenters. The number of carbonyl (C=O) groups excluding carboxylic acids is 1. The Hall–Kier alpha value is -2.00. The number of amides is 1. The fourth-order valence-electron chi connectivity index (χ4n) is 2.82. The van der Waals surface area contributed by atoms with E-state index in [1.807, 2.05) is 12.1 Å². The summed E-state index contributed by atoms with van der Waals surface area (Å²) in [5.74, 6) is -0.214. The van der Waals surface area contributed by atoms with Crippen LogP contribution in [0.1, 0.15) is 34.3 Å². The SMILES string of the molecule is Nc1c(Cl)cccc1C(=O)Nc1cccc2c1CCCC2. The average molecular weight is 301 g/mol. The van der Waals surface area contributed by atoms with Crippen LogP contribution in [-0.4, -0.2) is 5.91 Å². The first-order chi connectivity index (χ1) is 10.2. The summed E-state index contributed by atoms with van der Waals surface area (Å²) >= 11 is 5.97. The van der Waals surface area contributed by atoms with Crippen LogP contribution in [-0.2, 0) is 12.8 Å². The minimum absolute atomic E-state index is 0.214. The first-order valence-corrected chi connectivity index (χ1v) is 7.50. The molecule has 0 heterocycles. The topological polar surface area (TPSA) is 55.1 Å². The van der Waals surface area contributed by atoms with Crippen LogP contribution in [0, 0.1) is 0 Å². The summed E-state index contributed by atoms with van der Waals surface area (Å²) in [5, 5.41) is 3.38. The Morgan fingerprint density at radius 1 is 1.10 bits per heavy atom. The first kappa shape index (κ1) is 14.0. The number of rotatable bonds is 2. The molecule has 2 aromatic rings. The third-order valence-electron chi connectivity index (χ3n) is 3.94. The smallest absolute Gasteiger partial charge is 0.257 e. The number of benzene rings is 2. The van der Waals surface area contributed by atoms with Gasteiger partial charge in [-0.3, -0.25) is 4.79 Å². The number of anilines is 2. The summed E-state index contributed by atoms with van der Waals surface area (Å²) in [4.78, 5) is 12.4. The molecular weight excluding hydrogens is 284 g/mol. The molecule has 0 saturated carbocycles. The highest BCUT2D eigenvalue weighted by Gasteiger charge is 2.16. The molecule has 0 aromatic heterocycles.